The van der Waals surface area contributed by atoms with Crippen LogP contribution < -0.4 is 10.6 Å². The van der Waals surface area contributed by atoms with E-state index in [1.54, 1.807) is 0 Å². The van der Waals surface area contributed by atoms with Crippen LogP contribution in [0.5, 0.6) is 0 Å². The number of hydrogen-bond acceptors (Lipinski definition) is 4. The smallest absolute Gasteiger partial charge is 0.217 e. The first-order chi connectivity index (χ1) is 9.45. The van der Waals surface area contributed by atoms with Crippen molar-refractivity contribution < 1.29 is 4.79 Å². The van der Waals surface area contributed by atoms with Crippen LogP contribution in [0.15, 0.2) is 6.07 Å². The van der Waals surface area contributed by atoms with Crippen LogP contribution in [-0.4, -0.2) is 29.0 Å². The molecule has 6 heteroatoms. The van der Waals surface area contributed by atoms with Crippen molar-refractivity contribution in [2.24, 2.45) is 11.7 Å². The van der Waals surface area contributed by atoms with Gasteiger partial charge in [0, 0.05) is 31.5 Å². The van der Waals surface area contributed by atoms with Crippen molar-refractivity contribution in [1.29, 1.82) is 0 Å². The first-order valence-corrected chi connectivity index (χ1v) is 7.41. The van der Waals surface area contributed by atoms with Crippen LogP contribution in [0.2, 0.25) is 5.15 Å². The van der Waals surface area contributed by atoms with E-state index in [1.165, 1.54) is 0 Å². The molecule has 1 saturated heterocycles. The number of primary amides is 1. The van der Waals surface area contributed by atoms with Gasteiger partial charge in [0.1, 0.15) is 16.8 Å². The van der Waals surface area contributed by atoms with Gasteiger partial charge in [-0.15, -0.1) is 0 Å². The van der Waals surface area contributed by atoms with E-state index in [0.29, 0.717) is 17.5 Å². The summed E-state index contributed by atoms with van der Waals surface area (Å²) in [5, 5.41) is 0.484. The predicted octanol–water partition coefficient (Wildman–Crippen LogP) is 2.35. The quantitative estimate of drug-likeness (QED) is 0.866. The molecule has 0 unspecified atom stereocenters. The van der Waals surface area contributed by atoms with Crippen LogP contribution in [0.1, 0.15) is 44.9 Å². The zero-order chi connectivity index (χ0) is 14.7. The monoisotopic (exact) mass is 296 g/mol. The summed E-state index contributed by atoms with van der Waals surface area (Å²) in [6, 6.07) is 1.81. The minimum Gasteiger partial charge on any atom is -0.370 e. The number of piperidine rings is 1. The van der Waals surface area contributed by atoms with Gasteiger partial charge in [0.15, 0.2) is 0 Å². The average molecular weight is 297 g/mol. The summed E-state index contributed by atoms with van der Waals surface area (Å²) in [5.74, 6) is 2.08. The molecule has 1 fully saturated rings. The maximum Gasteiger partial charge on any atom is 0.217 e. The van der Waals surface area contributed by atoms with E-state index in [9.17, 15) is 4.79 Å². The fourth-order valence-corrected chi connectivity index (χ4v) is 2.68. The fraction of sp³-hybridized carbons (Fsp3) is 0.643. The van der Waals surface area contributed by atoms with E-state index >= 15 is 0 Å². The van der Waals surface area contributed by atoms with Crippen LogP contribution in [0.3, 0.4) is 0 Å². The number of halogens is 1. The lowest BCUT2D eigenvalue weighted by molar-refractivity contribution is -0.119. The molecule has 1 aliphatic rings. The highest BCUT2D eigenvalue weighted by atomic mass is 35.5. The summed E-state index contributed by atoms with van der Waals surface area (Å²) in [6.07, 6.45) is 2.40. The molecular formula is C14H21ClN4O. The van der Waals surface area contributed by atoms with Crippen molar-refractivity contribution in [2.45, 2.75) is 39.0 Å². The van der Waals surface area contributed by atoms with E-state index < -0.39 is 0 Å². The molecule has 2 heterocycles. The summed E-state index contributed by atoms with van der Waals surface area (Å²) >= 11 is 6.07. The van der Waals surface area contributed by atoms with E-state index in [2.05, 4.69) is 28.7 Å². The van der Waals surface area contributed by atoms with Crippen LogP contribution in [0.4, 0.5) is 5.82 Å². The summed E-state index contributed by atoms with van der Waals surface area (Å²) < 4.78 is 0. The Bertz CT molecular complexity index is 484. The third-order valence-corrected chi connectivity index (χ3v) is 3.84. The van der Waals surface area contributed by atoms with Crippen LogP contribution in [0.25, 0.3) is 0 Å². The SMILES string of the molecule is CC(C)c1nc(Cl)cc(N2CCC(CC(N)=O)CC2)n1. The number of carbonyl (C=O) groups is 1. The summed E-state index contributed by atoms with van der Waals surface area (Å²) in [4.78, 5) is 22.0. The number of amides is 1. The molecular weight excluding hydrogens is 276 g/mol. The number of nitrogens with two attached hydrogens (primary N) is 1. The largest absolute Gasteiger partial charge is 0.370 e. The molecule has 2 N–H and O–H groups in total. The molecule has 0 radical (unpaired) electrons. The number of anilines is 1. The lowest BCUT2D eigenvalue weighted by atomic mass is 9.93. The Balaban J connectivity index is 2.05. The summed E-state index contributed by atoms with van der Waals surface area (Å²) in [6.45, 7) is 5.86. The van der Waals surface area contributed by atoms with Crippen LogP contribution >= 0.6 is 11.6 Å². The molecule has 0 bridgehead atoms. The zero-order valence-corrected chi connectivity index (χ0v) is 12.7. The Labute approximate surface area is 124 Å². The Morgan fingerprint density at radius 1 is 1.45 bits per heavy atom. The van der Waals surface area contributed by atoms with Gasteiger partial charge in [0.05, 0.1) is 0 Å². The highest BCUT2D eigenvalue weighted by Gasteiger charge is 2.22. The molecule has 1 aromatic rings. The number of hydrogen-bond donors (Lipinski definition) is 1. The molecule has 0 saturated carbocycles. The highest BCUT2D eigenvalue weighted by molar-refractivity contribution is 6.29. The molecule has 0 spiro atoms. The Kier molecular flexibility index (Phi) is 4.81. The van der Waals surface area contributed by atoms with E-state index in [0.717, 1.165) is 37.6 Å². The fourth-order valence-electron chi connectivity index (χ4n) is 2.49. The van der Waals surface area contributed by atoms with Crippen molar-refractivity contribution in [3.8, 4) is 0 Å². The van der Waals surface area contributed by atoms with Gasteiger partial charge in [-0.05, 0) is 18.8 Å². The van der Waals surface area contributed by atoms with Gasteiger partial charge in [0.2, 0.25) is 5.91 Å². The highest BCUT2D eigenvalue weighted by Crippen LogP contribution is 2.26. The second-order valence-corrected chi connectivity index (χ2v) is 6.05. The molecule has 0 aliphatic carbocycles. The summed E-state index contributed by atoms with van der Waals surface area (Å²) in [5.41, 5.74) is 5.25. The maximum atomic E-state index is 11.0. The molecule has 110 valence electrons. The van der Waals surface area contributed by atoms with Crippen LogP contribution in [0, 0.1) is 5.92 Å². The van der Waals surface area contributed by atoms with Crippen LogP contribution in [-0.2, 0) is 4.79 Å². The minimum absolute atomic E-state index is 0.212. The molecule has 1 aromatic heterocycles. The van der Waals surface area contributed by atoms with E-state index in [1.807, 2.05) is 6.07 Å². The Hall–Kier alpha value is -1.36. The van der Waals surface area contributed by atoms with Crippen molar-refractivity contribution in [3.63, 3.8) is 0 Å². The van der Waals surface area contributed by atoms with Gasteiger partial charge < -0.3 is 10.6 Å². The number of aromatic nitrogens is 2. The predicted molar refractivity (Wildman–Crippen MR) is 79.9 cm³/mol. The lowest BCUT2D eigenvalue weighted by Gasteiger charge is -2.32. The second kappa shape index (κ2) is 6.39. The molecule has 5 nitrogen and oxygen atoms in total. The number of carbonyl (C=O) groups excluding carboxylic acids is 1. The number of nitrogens with zero attached hydrogens (tertiary/aromatic N) is 3. The molecule has 0 aromatic carbocycles. The Morgan fingerprint density at radius 3 is 2.65 bits per heavy atom. The normalized spacial score (nSPS) is 16.7. The first-order valence-electron chi connectivity index (χ1n) is 7.03. The summed E-state index contributed by atoms with van der Waals surface area (Å²) in [7, 11) is 0. The molecule has 20 heavy (non-hydrogen) atoms. The van der Waals surface area contributed by atoms with Gasteiger partial charge >= 0.3 is 0 Å². The van der Waals surface area contributed by atoms with Crippen molar-refractivity contribution in [2.75, 3.05) is 18.0 Å². The van der Waals surface area contributed by atoms with Gasteiger partial charge in [-0.25, -0.2) is 9.97 Å². The molecule has 0 atom stereocenters. The lowest BCUT2D eigenvalue weighted by Crippen LogP contribution is -2.35. The van der Waals surface area contributed by atoms with Gasteiger partial charge in [0.25, 0.3) is 0 Å². The average Bonchev–Trinajstić information content (AvgIpc) is 2.38. The van der Waals surface area contributed by atoms with Crippen molar-refractivity contribution in [1.82, 2.24) is 9.97 Å². The van der Waals surface area contributed by atoms with Crippen molar-refractivity contribution >= 4 is 23.3 Å². The van der Waals surface area contributed by atoms with Crippen molar-refractivity contribution in [3.05, 3.63) is 17.0 Å². The first kappa shape index (κ1) is 15.0. The standard InChI is InChI=1S/C14H21ClN4O/c1-9(2)14-17-11(15)8-13(18-14)19-5-3-10(4-6-19)7-12(16)20/h8-10H,3-7H2,1-2H3,(H2,16,20). The van der Waals surface area contributed by atoms with Gasteiger partial charge in [-0.3, -0.25) is 4.79 Å². The van der Waals surface area contributed by atoms with E-state index in [-0.39, 0.29) is 11.8 Å². The zero-order valence-electron chi connectivity index (χ0n) is 12.0. The molecule has 2 rings (SSSR count). The van der Waals surface area contributed by atoms with Gasteiger partial charge in [-0.1, -0.05) is 25.4 Å². The third kappa shape index (κ3) is 3.82. The second-order valence-electron chi connectivity index (χ2n) is 5.66. The third-order valence-electron chi connectivity index (χ3n) is 3.64. The molecule has 1 amide bonds. The minimum atomic E-state index is -0.212. The molecule has 1 aliphatic heterocycles. The maximum absolute atomic E-state index is 11.0. The van der Waals surface area contributed by atoms with Gasteiger partial charge in [-0.2, -0.15) is 0 Å². The number of rotatable bonds is 4. The Morgan fingerprint density at radius 2 is 2.10 bits per heavy atom. The van der Waals surface area contributed by atoms with E-state index in [4.69, 9.17) is 17.3 Å². The topological polar surface area (TPSA) is 72.1 Å².